The maximum absolute atomic E-state index is 11.8. The molecule has 118 valence electrons. The standard InChI is InChI=1S/C15H19N3O4/c1-18(9-13(20)10-19)12-4-2-11(3-5-12)8-14(21)17-15-16-6-7-22-15/h2-7,13,19-20H,8-10H2,1H3,(H,16,17,21). The molecule has 0 bridgehead atoms. The lowest BCUT2D eigenvalue weighted by molar-refractivity contribution is -0.115. The number of aliphatic hydroxyl groups is 2. The van der Waals surface area contributed by atoms with Crippen molar-refractivity contribution >= 4 is 17.6 Å². The van der Waals surface area contributed by atoms with Crippen LogP contribution < -0.4 is 10.2 Å². The average Bonchev–Trinajstić information content (AvgIpc) is 3.00. The topological polar surface area (TPSA) is 98.8 Å². The summed E-state index contributed by atoms with van der Waals surface area (Å²) < 4.78 is 4.95. The van der Waals surface area contributed by atoms with Crippen molar-refractivity contribution in [3.63, 3.8) is 0 Å². The van der Waals surface area contributed by atoms with E-state index in [0.717, 1.165) is 11.3 Å². The van der Waals surface area contributed by atoms with Crippen molar-refractivity contribution in [2.75, 3.05) is 30.4 Å². The Balaban J connectivity index is 1.89. The molecule has 1 amide bonds. The van der Waals surface area contributed by atoms with Gasteiger partial charge in [-0.25, -0.2) is 4.98 Å². The number of amides is 1. The number of aromatic nitrogens is 1. The van der Waals surface area contributed by atoms with Crippen LogP contribution in [0.4, 0.5) is 11.7 Å². The van der Waals surface area contributed by atoms with E-state index in [1.54, 1.807) is 0 Å². The number of aliphatic hydroxyl groups excluding tert-OH is 2. The first-order valence-corrected chi connectivity index (χ1v) is 6.87. The highest BCUT2D eigenvalue weighted by Crippen LogP contribution is 2.15. The zero-order chi connectivity index (χ0) is 15.9. The van der Waals surface area contributed by atoms with Crippen molar-refractivity contribution in [2.24, 2.45) is 0 Å². The second-order valence-electron chi connectivity index (χ2n) is 4.95. The molecule has 0 aliphatic heterocycles. The van der Waals surface area contributed by atoms with Gasteiger partial charge in [0, 0.05) is 19.3 Å². The highest BCUT2D eigenvalue weighted by molar-refractivity contribution is 5.90. The first-order chi connectivity index (χ1) is 10.6. The van der Waals surface area contributed by atoms with Crippen LogP contribution in [0.5, 0.6) is 0 Å². The molecule has 1 unspecified atom stereocenters. The molecule has 22 heavy (non-hydrogen) atoms. The number of anilines is 2. The Hall–Kier alpha value is -2.38. The smallest absolute Gasteiger partial charge is 0.301 e. The number of hydrogen-bond acceptors (Lipinski definition) is 6. The first kappa shape index (κ1) is 16.0. The van der Waals surface area contributed by atoms with E-state index in [2.05, 4.69) is 10.3 Å². The number of hydrogen-bond donors (Lipinski definition) is 3. The molecule has 3 N–H and O–H groups in total. The maximum atomic E-state index is 11.8. The van der Waals surface area contributed by atoms with E-state index in [4.69, 9.17) is 9.52 Å². The van der Waals surface area contributed by atoms with Gasteiger partial charge < -0.3 is 19.5 Å². The first-order valence-electron chi connectivity index (χ1n) is 6.87. The summed E-state index contributed by atoms with van der Waals surface area (Å²) >= 11 is 0. The molecule has 0 spiro atoms. The quantitative estimate of drug-likeness (QED) is 0.694. The van der Waals surface area contributed by atoms with E-state index >= 15 is 0 Å². The zero-order valence-corrected chi connectivity index (χ0v) is 12.3. The van der Waals surface area contributed by atoms with Gasteiger partial charge >= 0.3 is 6.01 Å². The minimum absolute atomic E-state index is 0.180. The number of oxazole rings is 1. The summed E-state index contributed by atoms with van der Waals surface area (Å²) in [5, 5.41) is 20.8. The van der Waals surface area contributed by atoms with Gasteiger partial charge in [-0.15, -0.1) is 0 Å². The van der Waals surface area contributed by atoms with Gasteiger partial charge in [-0.3, -0.25) is 10.1 Å². The summed E-state index contributed by atoms with van der Waals surface area (Å²) in [6, 6.07) is 7.58. The van der Waals surface area contributed by atoms with Crippen LogP contribution in [-0.4, -0.2) is 47.4 Å². The molecule has 1 aromatic heterocycles. The molecule has 1 heterocycles. The molecule has 0 radical (unpaired) electrons. The second-order valence-corrected chi connectivity index (χ2v) is 4.95. The van der Waals surface area contributed by atoms with Gasteiger partial charge in [0.05, 0.1) is 25.3 Å². The van der Waals surface area contributed by atoms with Crippen molar-refractivity contribution in [1.82, 2.24) is 4.98 Å². The molecule has 1 atom stereocenters. The summed E-state index contributed by atoms with van der Waals surface area (Å²) in [6.45, 7) is 0.0594. The SMILES string of the molecule is CN(CC(O)CO)c1ccc(CC(=O)Nc2ncco2)cc1. The summed E-state index contributed by atoms with van der Waals surface area (Å²) in [4.78, 5) is 17.5. The fourth-order valence-corrected chi connectivity index (χ4v) is 1.98. The molecule has 0 saturated heterocycles. The van der Waals surface area contributed by atoms with Crippen molar-refractivity contribution in [3.05, 3.63) is 42.3 Å². The van der Waals surface area contributed by atoms with E-state index in [0.29, 0.717) is 6.54 Å². The maximum Gasteiger partial charge on any atom is 0.301 e. The van der Waals surface area contributed by atoms with E-state index in [1.807, 2.05) is 36.2 Å². The molecule has 0 aliphatic rings. The fraction of sp³-hybridized carbons (Fsp3) is 0.333. The van der Waals surface area contributed by atoms with Gasteiger partial charge in [-0.1, -0.05) is 12.1 Å². The monoisotopic (exact) mass is 305 g/mol. The van der Waals surface area contributed by atoms with Crippen LogP contribution in [0.15, 0.2) is 41.1 Å². The number of nitrogens with zero attached hydrogens (tertiary/aromatic N) is 2. The largest absolute Gasteiger partial charge is 0.432 e. The molecular weight excluding hydrogens is 286 g/mol. The van der Waals surface area contributed by atoms with Crippen molar-refractivity contribution in [3.8, 4) is 0 Å². The van der Waals surface area contributed by atoms with Crippen LogP contribution in [0.1, 0.15) is 5.56 Å². The predicted molar refractivity (Wildman–Crippen MR) is 81.6 cm³/mol. The Labute approximate surface area is 128 Å². The summed E-state index contributed by atoms with van der Waals surface area (Å²) in [7, 11) is 1.82. The van der Waals surface area contributed by atoms with Gasteiger partial charge in [0.25, 0.3) is 0 Å². The normalized spacial score (nSPS) is 12.0. The number of rotatable bonds is 7. The van der Waals surface area contributed by atoms with Gasteiger partial charge in [-0.05, 0) is 17.7 Å². The van der Waals surface area contributed by atoms with Crippen LogP contribution in [0, 0.1) is 0 Å². The number of nitrogens with one attached hydrogen (secondary N) is 1. The lowest BCUT2D eigenvalue weighted by Gasteiger charge is -2.21. The second kappa shape index (κ2) is 7.58. The van der Waals surface area contributed by atoms with Crippen LogP contribution >= 0.6 is 0 Å². The van der Waals surface area contributed by atoms with Gasteiger partial charge in [0.1, 0.15) is 6.26 Å². The number of likely N-dealkylation sites (N-methyl/N-ethyl adjacent to an activating group) is 1. The molecule has 1 aromatic carbocycles. The Morgan fingerprint density at radius 2 is 2.14 bits per heavy atom. The van der Waals surface area contributed by atoms with Crippen LogP contribution in [0.25, 0.3) is 0 Å². The summed E-state index contributed by atoms with van der Waals surface area (Å²) in [6.07, 6.45) is 2.28. The van der Waals surface area contributed by atoms with E-state index in [9.17, 15) is 9.90 Å². The van der Waals surface area contributed by atoms with Crippen molar-refractivity contribution < 1.29 is 19.4 Å². The Bertz CT molecular complexity index is 583. The molecule has 0 aliphatic carbocycles. The third kappa shape index (κ3) is 4.57. The van der Waals surface area contributed by atoms with Crippen LogP contribution in [0.3, 0.4) is 0 Å². The minimum atomic E-state index is -0.781. The Kier molecular flexibility index (Phi) is 5.51. The summed E-state index contributed by atoms with van der Waals surface area (Å²) in [5.74, 6) is -0.209. The van der Waals surface area contributed by atoms with Gasteiger partial charge in [0.15, 0.2) is 0 Å². The Morgan fingerprint density at radius 1 is 1.41 bits per heavy atom. The zero-order valence-electron chi connectivity index (χ0n) is 12.3. The Morgan fingerprint density at radius 3 is 2.73 bits per heavy atom. The third-order valence-corrected chi connectivity index (χ3v) is 3.12. The average molecular weight is 305 g/mol. The predicted octanol–water partition coefficient (Wildman–Crippen LogP) is 0.645. The number of carbonyl (C=O) groups excluding carboxylic acids is 1. The molecular formula is C15H19N3O4. The third-order valence-electron chi connectivity index (χ3n) is 3.12. The number of carbonyl (C=O) groups is 1. The molecule has 7 heteroatoms. The van der Waals surface area contributed by atoms with Crippen LogP contribution in [0.2, 0.25) is 0 Å². The van der Waals surface area contributed by atoms with E-state index in [1.165, 1.54) is 12.5 Å². The molecule has 2 rings (SSSR count). The van der Waals surface area contributed by atoms with Gasteiger partial charge in [0.2, 0.25) is 5.91 Å². The minimum Gasteiger partial charge on any atom is -0.432 e. The molecule has 2 aromatic rings. The van der Waals surface area contributed by atoms with E-state index < -0.39 is 6.10 Å². The van der Waals surface area contributed by atoms with Gasteiger partial charge in [-0.2, -0.15) is 0 Å². The molecule has 7 nitrogen and oxygen atoms in total. The fourth-order valence-electron chi connectivity index (χ4n) is 1.98. The van der Waals surface area contributed by atoms with Crippen LogP contribution in [-0.2, 0) is 11.2 Å². The van der Waals surface area contributed by atoms with E-state index in [-0.39, 0.29) is 24.9 Å². The molecule has 0 fully saturated rings. The summed E-state index contributed by atoms with van der Waals surface area (Å²) in [5.41, 5.74) is 1.74. The van der Waals surface area contributed by atoms with Crippen molar-refractivity contribution in [1.29, 1.82) is 0 Å². The molecule has 0 saturated carbocycles. The lowest BCUT2D eigenvalue weighted by Crippen LogP contribution is -2.31. The lowest BCUT2D eigenvalue weighted by atomic mass is 10.1. The highest BCUT2D eigenvalue weighted by Gasteiger charge is 2.09. The highest BCUT2D eigenvalue weighted by atomic mass is 16.4. The van der Waals surface area contributed by atoms with Crippen molar-refractivity contribution in [2.45, 2.75) is 12.5 Å². The number of benzene rings is 1.